The Morgan fingerprint density at radius 1 is 1.14 bits per heavy atom. The Labute approximate surface area is 213 Å². The van der Waals surface area contributed by atoms with E-state index in [1.165, 1.54) is 0 Å². The van der Waals surface area contributed by atoms with E-state index in [9.17, 15) is 9.90 Å². The zero-order chi connectivity index (χ0) is 25.2. The van der Waals surface area contributed by atoms with Crippen molar-refractivity contribution in [1.82, 2.24) is 19.7 Å². The van der Waals surface area contributed by atoms with Crippen LogP contribution in [0.1, 0.15) is 36.0 Å². The molecule has 6 rings (SSSR count). The lowest BCUT2D eigenvalue weighted by molar-refractivity contribution is -0.137. The van der Waals surface area contributed by atoms with Crippen LogP contribution in [0.3, 0.4) is 0 Å². The van der Waals surface area contributed by atoms with Crippen LogP contribution < -0.4 is 20.1 Å². The van der Waals surface area contributed by atoms with Crippen molar-refractivity contribution >= 4 is 28.4 Å². The van der Waals surface area contributed by atoms with Crippen molar-refractivity contribution in [2.45, 2.75) is 31.7 Å². The highest BCUT2D eigenvalue weighted by Crippen LogP contribution is 2.32. The second kappa shape index (κ2) is 9.96. The summed E-state index contributed by atoms with van der Waals surface area (Å²) in [6, 6.07) is 12.9. The zero-order valence-electron chi connectivity index (χ0n) is 20.3. The molecule has 0 spiro atoms. The van der Waals surface area contributed by atoms with Crippen molar-refractivity contribution in [3.63, 3.8) is 0 Å². The number of ether oxygens (including phenoxy) is 2. The minimum absolute atomic E-state index is 0.148. The Morgan fingerprint density at radius 2 is 2.08 bits per heavy atom. The van der Waals surface area contributed by atoms with Gasteiger partial charge in [-0.25, -0.2) is 4.98 Å². The van der Waals surface area contributed by atoms with E-state index in [0.29, 0.717) is 43.4 Å². The molecule has 37 heavy (non-hydrogen) atoms. The molecule has 0 amide bonds. The highest BCUT2D eigenvalue weighted by molar-refractivity contribution is 5.81. The van der Waals surface area contributed by atoms with Crippen LogP contribution >= 0.6 is 0 Å². The van der Waals surface area contributed by atoms with E-state index in [1.807, 2.05) is 30.3 Å². The summed E-state index contributed by atoms with van der Waals surface area (Å²) in [6.07, 6.45) is 4.41. The van der Waals surface area contributed by atoms with Crippen LogP contribution in [0.5, 0.6) is 11.5 Å². The van der Waals surface area contributed by atoms with Crippen molar-refractivity contribution in [3.8, 4) is 11.5 Å². The van der Waals surface area contributed by atoms with E-state index < -0.39 is 12.0 Å². The van der Waals surface area contributed by atoms with Crippen LogP contribution in [0.4, 0.5) is 11.5 Å². The molecule has 3 aromatic heterocycles. The van der Waals surface area contributed by atoms with Crippen molar-refractivity contribution in [3.05, 3.63) is 65.7 Å². The maximum absolute atomic E-state index is 11.7. The highest BCUT2D eigenvalue weighted by atomic mass is 16.5. The zero-order valence-corrected chi connectivity index (χ0v) is 20.3. The molecule has 10 heteroatoms. The number of aromatic nitrogens is 4. The fourth-order valence-electron chi connectivity index (χ4n) is 4.86. The number of aliphatic carboxylic acids is 1. The Balaban J connectivity index is 1.19. The van der Waals surface area contributed by atoms with Gasteiger partial charge in [-0.05, 0) is 55.3 Å². The first kappa shape index (κ1) is 23.1. The number of carboxylic acids is 1. The smallest absolute Gasteiger partial charge is 0.305 e. The number of nitrogens with one attached hydrogen (secondary N) is 2. The number of anilines is 2. The number of pyridine rings is 2. The number of benzene rings is 1. The van der Waals surface area contributed by atoms with Crippen molar-refractivity contribution in [1.29, 1.82) is 0 Å². The largest absolute Gasteiger partial charge is 0.493 e. The van der Waals surface area contributed by atoms with Crippen molar-refractivity contribution < 1.29 is 19.4 Å². The third-order valence-electron chi connectivity index (χ3n) is 6.67. The van der Waals surface area contributed by atoms with Gasteiger partial charge < -0.3 is 25.2 Å². The van der Waals surface area contributed by atoms with Gasteiger partial charge in [0.1, 0.15) is 18.4 Å². The van der Waals surface area contributed by atoms with Crippen molar-refractivity contribution in [2.75, 3.05) is 36.9 Å². The first-order chi connectivity index (χ1) is 18.1. The maximum Gasteiger partial charge on any atom is 0.305 e. The summed E-state index contributed by atoms with van der Waals surface area (Å²) in [5.41, 5.74) is 4.70. The average molecular weight is 501 g/mol. The Kier molecular flexibility index (Phi) is 6.21. The van der Waals surface area contributed by atoms with Crippen LogP contribution in [0.25, 0.3) is 10.9 Å². The molecule has 0 saturated heterocycles. The van der Waals surface area contributed by atoms with E-state index in [-0.39, 0.29) is 6.42 Å². The van der Waals surface area contributed by atoms with Gasteiger partial charge in [0.25, 0.3) is 0 Å². The third kappa shape index (κ3) is 4.87. The summed E-state index contributed by atoms with van der Waals surface area (Å²) in [5, 5.41) is 21.6. The number of hydrogen-bond acceptors (Lipinski definition) is 8. The molecule has 0 bridgehead atoms. The first-order valence-electron chi connectivity index (χ1n) is 12.6. The first-order valence-corrected chi connectivity index (χ1v) is 12.6. The Bertz CT molecular complexity index is 1450. The molecule has 2 aliphatic rings. The van der Waals surface area contributed by atoms with Crippen LogP contribution in [-0.2, 0) is 17.6 Å². The maximum atomic E-state index is 11.7. The summed E-state index contributed by atoms with van der Waals surface area (Å²) in [5.74, 6) is 1.09. The van der Waals surface area contributed by atoms with Gasteiger partial charge in [-0.3, -0.25) is 14.5 Å². The Hall–Kier alpha value is -4.34. The highest BCUT2D eigenvalue weighted by Gasteiger charge is 2.24. The van der Waals surface area contributed by atoms with Crippen LogP contribution in [0.15, 0.2) is 48.7 Å². The van der Waals surface area contributed by atoms with Gasteiger partial charge in [0.2, 0.25) is 0 Å². The molecule has 3 N–H and O–H groups in total. The minimum Gasteiger partial charge on any atom is -0.493 e. The van der Waals surface area contributed by atoms with E-state index in [4.69, 9.17) is 14.5 Å². The predicted molar refractivity (Wildman–Crippen MR) is 139 cm³/mol. The lowest BCUT2D eigenvalue weighted by Gasteiger charge is -2.21. The molecule has 1 atom stereocenters. The normalized spacial score (nSPS) is 15.0. The number of aryl methyl sites for hydroxylation is 1. The van der Waals surface area contributed by atoms with Crippen LogP contribution in [0, 0.1) is 0 Å². The molecule has 1 aromatic carbocycles. The fourth-order valence-corrected chi connectivity index (χ4v) is 4.86. The molecule has 10 nitrogen and oxygen atoms in total. The van der Waals surface area contributed by atoms with Gasteiger partial charge in [0.15, 0.2) is 11.6 Å². The monoisotopic (exact) mass is 500 g/mol. The van der Waals surface area contributed by atoms with Gasteiger partial charge in [0, 0.05) is 24.0 Å². The molecule has 4 aromatic rings. The molecule has 0 fully saturated rings. The third-order valence-corrected chi connectivity index (χ3v) is 6.67. The average Bonchev–Trinajstić information content (AvgIpc) is 3.34. The topological polar surface area (TPSA) is 123 Å². The summed E-state index contributed by atoms with van der Waals surface area (Å²) in [4.78, 5) is 21.2. The van der Waals surface area contributed by atoms with Gasteiger partial charge in [-0.1, -0.05) is 0 Å². The number of hydrogen-bond donors (Lipinski definition) is 3. The quantitative estimate of drug-likeness (QED) is 0.332. The number of rotatable bonds is 8. The minimum atomic E-state index is -0.927. The molecule has 2 aliphatic heterocycles. The molecule has 5 heterocycles. The molecular weight excluding hydrogens is 472 g/mol. The van der Waals surface area contributed by atoms with Gasteiger partial charge >= 0.3 is 5.97 Å². The summed E-state index contributed by atoms with van der Waals surface area (Å²) < 4.78 is 13.4. The number of fused-ring (bicyclic) bond motifs is 3. The van der Waals surface area contributed by atoms with E-state index in [2.05, 4.69) is 26.8 Å². The van der Waals surface area contributed by atoms with Crippen LogP contribution in [0.2, 0.25) is 0 Å². The van der Waals surface area contributed by atoms with Gasteiger partial charge in [0.05, 0.1) is 48.4 Å². The second-order valence-electron chi connectivity index (χ2n) is 9.21. The standard InChI is InChI=1S/C27H28N6O4/c34-26(35)15-24(22-6-8-25-27(32-22)29-11-13-37-25)33-23-7-4-19(14-17(23)16-30-33)36-12-9-18-3-5-20-21(31-18)2-1-10-28-20/h3-8,14,16,24,28H,1-2,9-13,15H2,(H,29,32)(H,34,35). The second-order valence-corrected chi connectivity index (χ2v) is 9.21. The number of nitrogens with zero attached hydrogens (tertiary/aromatic N) is 4. The summed E-state index contributed by atoms with van der Waals surface area (Å²) in [6.45, 7) is 2.74. The predicted octanol–water partition coefficient (Wildman–Crippen LogP) is 3.67. The summed E-state index contributed by atoms with van der Waals surface area (Å²) >= 11 is 0. The Morgan fingerprint density at radius 3 is 3.00 bits per heavy atom. The molecule has 0 saturated carbocycles. The molecule has 1 unspecified atom stereocenters. The molecule has 0 radical (unpaired) electrons. The molecular formula is C27H28N6O4. The number of carbonyl (C=O) groups is 1. The van der Waals surface area contributed by atoms with Crippen molar-refractivity contribution in [2.24, 2.45) is 0 Å². The van der Waals surface area contributed by atoms with E-state index >= 15 is 0 Å². The van der Waals surface area contributed by atoms with E-state index in [1.54, 1.807) is 16.9 Å². The van der Waals surface area contributed by atoms with Gasteiger partial charge in [-0.2, -0.15) is 5.10 Å². The van der Waals surface area contributed by atoms with Crippen LogP contribution in [-0.4, -0.2) is 57.1 Å². The number of carboxylic acid groups (broad SMARTS) is 1. The molecule has 190 valence electrons. The lowest BCUT2D eigenvalue weighted by Crippen LogP contribution is -2.22. The SMILES string of the molecule is O=C(O)CC(c1ccc2c(n1)NCCO2)n1ncc2cc(OCCc3ccc4c(n3)CCCN4)ccc21. The van der Waals surface area contributed by atoms with E-state index in [0.717, 1.165) is 53.1 Å². The summed E-state index contributed by atoms with van der Waals surface area (Å²) in [7, 11) is 0. The fraction of sp³-hybridized carbons (Fsp3) is 0.333. The molecule has 0 aliphatic carbocycles. The lowest BCUT2D eigenvalue weighted by atomic mass is 10.1. The van der Waals surface area contributed by atoms with Gasteiger partial charge in [-0.15, -0.1) is 0 Å².